The van der Waals surface area contributed by atoms with Crippen molar-refractivity contribution in [1.82, 2.24) is 9.97 Å². The van der Waals surface area contributed by atoms with Gasteiger partial charge in [0.15, 0.2) is 0 Å². The average Bonchev–Trinajstić information content (AvgIpc) is 2.19. The van der Waals surface area contributed by atoms with Gasteiger partial charge in [-0.25, -0.2) is 4.98 Å². The molecule has 0 aliphatic heterocycles. The summed E-state index contributed by atoms with van der Waals surface area (Å²) in [4.78, 5) is 6.90. The van der Waals surface area contributed by atoms with Gasteiger partial charge in [0, 0.05) is 17.9 Å². The number of aromatic amines is 1. The molecule has 1 aromatic heterocycles. The van der Waals surface area contributed by atoms with Gasteiger partial charge >= 0.3 is 0 Å². The van der Waals surface area contributed by atoms with E-state index >= 15 is 0 Å². The lowest BCUT2D eigenvalue weighted by Crippen LogP contribution is -1.82. The zero-order valence-corrected chi connectivity index (χ0v) is 5.98. The van der Waals surface area contributed by atoms with Crippen molar-refractivity contribution in [2.75, 3.05) is 5.33 Å². The zero-order valence-electron chi connectivity index (χ0n) is 4.39. The molecule has 0 spiro atoms. The summed E-state index contributed by atoms with van der Waals surface area (Å²) in [6, 6.07) is 0. The Kier molecular flexibility index (Phi) is 2.09. The molecule has 0 saturated heterocycles. The van der Waals surface area contributed by atoms with Crippen molar-refractivity contribution < 1.29 is 0 Å². The van der Waals surface area contributed by atoms with Gasteiger partial charge in [0.05, 0.1) is 12.0 Å². The van der Waals surface area contributed by atoms with E-state index in [1.54, 1.807) is 6.33 Å². The topological polar surface area (TPSA) is 28.7 Å². The molecule has 0 bridgehead atoms. The van der Waals surface area contributed by atoms with Gasteiger partial charge in [-0.15, -0.1) is 0 Å². The Morgan fingerprint density at radius 2 is 2.62 bits per heavy atom. The molecule has 0 atom stereocenters. The maximum Gasteiger partial charge on any atom is 0.0923 e. The molecule has 8 heavy (non-hydrogen) atoms. The monoisotopic (exact) mass is 174 g/mol. The van der Waals surface area contributed by atoms with E-state index in [9.17, 15) is 0 Å². The third kappa shape index (κ3) is 1.33. The number of hydrogen-bond donors (Lipinski definition) is 1. The van der Waals surface area contributed by atoms with E-state index in [0.29, 0.717) is 0 Å². The smallest absolute Gasteiger partial charge is 0.0923 e. The van der Waals surface area contributed by atoms with E-state index in [1.165, 1.54) is 0 Å². The lowest BCUT2D eigenvalue weighted by atomic mass is 10.4. The Balaban J connectivity index is 2.50. The van der Waals surface area contributed by atoms with Crippen molar-refractivity contribution in [2.45, 2.75) is 6.42 Å². The molecule has 1 rings (SSSR count). The SMILES string of the molecule is BrCCc1c[nH]cn1. The van der Waals surface area contributed by atoms with Crippen LogP contribution in [0, 0.1) is 0 Å². The van der Waals surface area contributed by atoms with Crippen LogP contribution in [0.1, 0.15) is 5.69 Å². The second kappa shape index (κ2) is 2.87. The Labute approximate surface area is 56.5 Å². The largest absolute Gasteiger partial charge is 0.351 e. The average molecular weight is 175 g/mol. The number of H-pyrrole nitrogens is 1. The van der Waals surface area contributed by atoms with Gasteiger partial charge < -0.3 is 4.98 Å². The van der Waals surface area contributed by atoms with Crippen LogP contribution in [-0.2, 0) is 6.42 Å². The van der Waals surface area contributed by atoms with Gasteiger partial charge in [0.25, 0.3) is 0 Å². The fourth-order valence-electron chi connectivity index (χ4n) is 0.524. The minimum absolute atomic E-state index is 0.984. The number of aryl methyl sites for hydroxylation is 1. The highest BCUT2D eigenvalue weighted by Gasteiger charge is 1.88. The van der Waals surface area contributed by atoms with E-state index in [2.05, 4.69) is 25.9 Å². The molecule has 0 aromatic carbocycles. The first-order valence-electron chi connectivity index (χ1n) is 2.47. The van der Waals surface area contributed by atoms with Crippen molar-refractivity contribution in [3.63, 3.8) is 0 Å². The van der Waals surface area contributed by atoms with E-state index in [4.69, 9.17) is 0 Å². The van der Waals surface area contributed by atoms with Crippen LogP contribution in [0.2, 0.25) is 0 Å². The summed E-state index contributed by atoms with van der Waals surface area (Å²) in [5, 5.41) is 0.984. The molecule has 0 saturated carbocycles. The van der Waals surface area contributed by atoms with Gasteiger partial charge in [-0.1, -0.05) is 15.9 Å². The molecule has 3 heteroatoms. The summed E-state index contributed by atoms with van der Waals surface area (Å²) in [7, 11) is 0. The van der Waals surface area contributed by atoms with E-state index in [-0.39, 0.29) is 0 Å². The van der Waals surface area contributed by atoms with Crippen LogP contribution in [0.15, 0.2) is 12.5 Å². The summed E-state index contributed by atoms with van der Waals surface area (Å²) in [6.45, 7) is 0. The molecular weight excluding hydrogens is 168 g/mol. The summed E-state index contributed by atoms with van der Waals surface area (Å²) < 4.78 is 0. The highest BCUT2D eigenvalue weighted by Crippen LogP contribution is 1.94. The lowest BCUT2D eigenvalue weighted by molar-refractivity contribution is 1.08. The molecule has 2 nitrogen and oxygen atoms in total. The van der Waals surface area contributed by atoms with E-state index in [1.807, 2.05) is 6.20 Å². The number of halogens is 1. The number of imidazole rings is 1. The molecular formula is C5H7BrN2. The third-order valence-corrected chi connectivity index (χ3v) is 1.30. The van der Waals surface area contributed by atoms with Crippen LogP contribution >= 0.6 is 15.9 Å². The van der Waals surface area contributed by atoms with Gasteiger partial charge in [-0.2, -0.15) is 0 Å². The summed E-state index contributed by atoms with van der Waals surface area (Å²) in [5.74, 6) is 0. The quantitative estimate of drug-likeness (QED) is 0.675. The molecule has 1 N–H and O–H groups in total. The molecule has 44 valence electrons. The van der Waals surface area contributed by atoms with E-state index in [0.717, 1.165) is 17.4 Å². The predicted octanol–water partition coefficient (Wildman–Crippen LogP) is 1.35. The van der Waals surface area contributed by atoms with Crippen LogP contribution in [0.3, 0.4) is 0 Å². The maximum absolute atomic E-state index is 4.02. The summed E-state index contributed by atoms with van der Waals surface area (Å²) in [6.07, 6.45) is 4.60. The molecule has 0 aliphatic rings. The Morgan fingerprint density at radius 1 is 1.75 bits per heavy atom. The van der Waals surface area contributed by atoms with E-state index < -0.39 is 0 Å². The second-order valence-corrected chi connectivity index (χ2v) is 2.29. The van der Waals surface area contributed by atoms with Crippen LogP contribution < -0.4 is 0 Å². The van der Waals surface area contributed by atoms with Gasteiger partial charge in [0.2, 0.25) is 0 Å². The van der Waals surface area contributed by atoms with Gasteiger partial charge in [0.1, 0.15) is 0 Å². The molecule has 0 aliphatic carbocycles. The number of aromatic nitrogens is 2. The van der Waals surface area contributed by atoms with Crippen molar-refractivity contribution in [1.29, 1.82) is 0 Å². The molecule has 0 unspecified atom stereocenters. The first kappa shape index (κ1) is 5.82. The molecule has 1 aromatic rings. The molecule has 0 amide bonds. The fraction of sp³-hybridized carbons (Fsp3) is 0.400. The van der Waals surface area contributed by atoms with Crippen molar-refractivity contribution in [2.24, 2.45) is 0 Å². The van der Waals surface area contributed by atoms with Gasteiger partial charge in [-0.3, -0.25) is 0 Å². The number of rotatable bonds is 2. The van der Waals surface area contributed by atoms with Crippen molar-refractivity contribution in [3.05, 3.63) is 18.2 Å². The zero-order chi connectivity index (χ0) is 5.82. The highest BCUT2D eigenvalue weighted by atomic mass is 79.9. The second-order valence-electron chi connectivity index (χ2n) is 1.50. The normalized spacial score (nSPS) is 9.62. The van der Waals surface area contributed by atoms with Crippen LogP contribution in [-0.4, -0.2) is 15.3 Å². The minimum atomic E-state index is 0.984. The van der Waals surface area contributed by atoms with Crippen LogP contribution in [0.25, 0.3) is 0 Å². The molecule has 0 fully saturated rings. The first-order valence-corrected chi connectivity index (χ1v) is 3.59. The number of hydrogen-bond acceptors (Lipinski definition) is 1. The Morgan fingerprint density at radius 3 is 3.12 bits per heavy atom. The lowest BCUT2D eigenvalue weighted by Gasteiger charge is -1.83. The summed E-state index contributed by atoms with van der Waals surface area (Å²) in [5.41, 5.74) is 1.11. The fourth-order valence-corrected chi connectivity index (χ4v) is 0.931. The molecule has 1 heterocycles. The third-order valence-electron chi connectivity index (χ3n) is 0.905. The van der Waals surface area contributed by atoms with Gasteiger partial charge in [-0.05, 0) is 0 Å². The van der Waals surface area contributed by atoms with Crippen LogP contribution in [0.4, 0.5) is 0 Å². The maximum atomic E-state index is 4.02. The van der Waals surface area contributed by atoms with Crippen LogP contribution in [0.5, 0.6) is 0 Å². The van der Waals surface area contributed by atoms with Crippen molar-refractivity contribution in [3.8, 4) is 0 Å². The first-order chi connectivity index (χ1) is 3.93. The Bertz CT molecular complexity index is 136. The summed E-state index contributed by atoms with van der Waals surface area (Å²) >= 11 is 3.32. The number of nitrogens with one attached hydrogen (secondary N) is 1. The standard InChI is InChI=1S/C5H7BrN2/c6-2-1-5-3-7-4-8-5/h3-4H,1-2H2,(H,7,8). The predicted molar refractivity (Wildman–Crippen MR) is 36.1 cm³/mol. The number of alkyl halides is 1. The minimum Gasteiger partial charge on any atom is -0.351 e. The van der Waals surface area contributed by atoms with Crippen molar-refractivity contribution >= 4 is 15.9 Å². The Hall–Kier alpha value is -0.310. The highest BCUT2D eigenvalue weighted by molar-refractivity contribution is 9.09. The number of nitrogens with zero attached hydrogens (tertiary/aromatic N) is 1. The molecule has 0 radical (unpaired) electrons.